The van der Waals surface area contributed by atoms with Gasteiger partial charge in [-0.3, -0.25) is 4.79 Å². The summed E-state index contributed by atoms with van der Waals surface area (Å²) in [6.07, 6.45) is 8.31. The molecule has 2 N–H and O–H groups in total. The van der Waals surface area contributed by atoms with Gasteiger partial charge >= 0.3 is 0 Å². The standard InChI is InChI=1S/C21H19ClFN5O2/c22-17-8-15(2-3-16(17)20-11-25-5-6-30-20)27-21(29)14-10-26-28(12-14)19-4-1-13(9-24)7-18(19)23/h1-4,7-8,10,12,16-17,20,25H,5-6,11H2,(H,27,29)/t16?,17?,20-/m1/s1. The molecule has 1 aromatic heterocycles. The summed E-state index contributed by atoms with van der Waals surface area (Å²) < 4.78 is 21.2. The molecular weight excluding hydrogens is 409 g/mol. The maximum Gasteiger partial charge on any atom is 0.258 e. The van der Waals surface area contributed by atoms with E-state index in [9.17, 15) is 9.18 Å². The number of nitrogens with zero attached hydrogens (tertiary/aromatic N) is 3. The normalized spacial score (nSPS) is 23.5. The Morgan fingerprint density at radius 3 is 3.03 bits per heavy atom. The summed E-state index contributed by atoms with van der Waals surface area (Å²) in [5.74, 6) is -0.969. The molecule has 7 nitrogen and oxygen atoms in total. The molecule has 1 saturated heterocycles. The van der Waals surface area contributed by atoms with Crippen LogP contribution in [0.25, 0.3) is 5.69 Å². The highest BCUT2D eigenvalue weighted by molar-refractivity contribution is 6.22. The van der Waals surface area contributed by atoms with Crippen LogP contribution in [0.15, 0.2) is 54.5 Å². The highest BCUT2D eigenvalue weighted by Crippen LogP contribution is 2.26. The van der Waals surface area contributed by atoms with E-state index >= 15 is 0 Å². The number of rotatable bonds is 4. The molecule has 1 amide bonds. The minimum absolute atomic E-state index is 0.00782. The summed E-state index contributed by atoms with van der Waals surface area (Å²) in [5.41, 5.74) is 1.20. The Morgan fingerprint density at radius 2 is 2.33 bits per heavy atom. The quantitative estimate of drug-likeness (QED) is 0.730. The zero-order valence-corrected chi connectivity index (χ0v) is 16.6. The summed E-state index contributed by atoms with van der Waals surface area (Å²) in [7, 11) is 0. The molecule has 2 heterocycles. The Morgan fingerprint density at radius 1 is 1.47 bits per heavy atom. The van der Waals surface area contributed by atoms with Crippen LogP contribution < -0.4 is 10.6 Å². The Labute approximate surface area is 177 Å². The number of hydrogen-bond donors (Lipinski definition) is 2. The molecule has 0 saturated carbocycles. The lowest BCUT2D eigenvalue weighted by molar-refractivity contribution is 0.00430. The third kappa shape index (κ3) is 4.28. The van der Waals surface area contributed by atoms with Crippen molar-refractivity contribution in [1.82, 2.24) is 20.4 Å². The van der Waals surface area contributed by atoms with E-state index in [1.54, 1.807) is 6.08 Å². The monoisotopic (exact) mass is 427 g/mol. The molecule has 2 unspecified atom stereocenters. The Bertz CT molecular complexity index is 1050. The van der Waals surface area contributed by atoms with Gasteiger partial charge in [0.15, 0.2) is 0 Å². The number of morpholine rings is 1. The largest absolute Gasteiger partial charge is 0.375 e. The Hall–Kier alpha value is -2.99. The number of halogens is 2. The molecular formula is C21H19ClFN5O2. The summed E-state index contributed by atoms with van der Waals surface area (Å²) in [4.78, 5) is 12.6. The van der Waals surface area contributed by atoms with E-state index in [1.165, 1.54) is 29.2 Å². The number of hydrogen-bond acceptors (Lipinski definition) is 5. The highest BCUT2D eigenvalue weighted by Gasteiger charge is 2.30. The van der Waals surface area contributed by atoms with Crippen LogP contribution in [0.2, 0.25) is 0 Å². The van der Waals surface area contributed by atoms with Crippen molar-refractivity contribution in [1.29, 1.82) is 5.26 Å². The van der Waals surface area contributed by atoms with E-state index in [-0.39, 0.29) is 40.1 Å². The van der Waals surface area contributed by atoms with Gasteiger partial charge in [0.05, 0.1) is 41.5 Å². The maximum absolute atomic E-state index is 14.2. The van der Waals surface area contributed by atoms with Crippen LogP contribution in [0.1, 0.15) is 15.9 Å². The summed E-state index contributed by atoms with van der Waals surface area (Å²) in [6.45, 7) is 2.21. The smallest absolute Gasteiger partial charge is 0.258 e. The molecule has 0 spiro atoms. The molecule has 1 fully saturated rings. The first-order valence-electron chi connectivity index (χ1n) is 9.47. The molecule has 2 aliphatic rings. The van der Waals surface area contributed by atoms with Gasteiger partial charge in [-0.2, -0.15) is 10.4 Å². The number of allylic oxidation sites excluding steroid dienone is 2. The molecule has 154 valence electrons. The second kappa shape index (κ2) is 8.79. The maximum atomic E-state index is 14.2. The molecule has 1 aromatic carbocycles. The third-order valence-corrected chi connectivity index (χ3v) is 5.43. The molecule has 0 radical (unpaired) electrons. The van der Waals surface area contributed by atoms with Gasteiger partial charge in [0.25, 0.3) is 5.91 Å². The molecule has 3 atom stereocenters. The van der Waals surface area contributed by atoms with Crippen LogP contribution in [0.4, 0.5) is 4.39 Å². The van der Waals surface area contributed by atoms with Crippen LogP contribution in [-0.2, 0) is 4.74 Å². The molecule has 2 aromatic rings. The topological polar surface area (TPSA) is 92.0 Å². The zero-order chi connectivity index (χ0) is 21.1. The van der Waals surface area contributed by atoms with E-state index in [2.05, 4.69) is 15.7 Å². The SMILES string of the molecule is N#Cc1ccc(-n2cc(C(=O)NC3=CC(Cl)C([C@H]4CNCCO4)C=C3)cn2)c(F)c1. The number of ether oxygens (including phenoxy) is 1. The first kappa shape index (κ1) is 20.3. The van der Waals surface area contributed by atoms with Gasteiger partial charge in [-0.15, -0.1) is 11.6 Å². The number of aromatic nitrogens is 2. The summed E-state index contributed by atoms with van der Waals surface area (Å²) >= 11 is 6.50. The second-order valence-corrected chi connectivity index (χ2v) is 7.53. The van der Waals surface area contributed by atoms with Gasteiger partial charge in [0.1, 0.15) is 11.5 Å². The van der Waals surface area contributed by atoms with Crippen LogP contribution in [0, 0.1) is 23.1 Å². The van der Waals surface area contributed by atoms with Crippen molar-refractivity contribution in [2.75, 3.05) is 19.7 Å². The van der Waals surface area contributed by atoms with Crippen molar-refractivity contribution >= 4 is 17.5 Å². The zero-order valence-electron chi connectivity index (χ0n) is 15.9. The predicted octanol–water partition coefficient (Wildman–Crippen LogP) is 2.28. The van der Waals surface area contributed by atoms with Crippen molar-refractivity contribution < 1.29 is 13.9 Å². The Balaban J connectivity index is 1.43. The molecule has 1 aliphatic heterocycles. The molecule has 1 aliphatic carbocycles. The van der Waals surface area contributed by atoms with Gasteiger partial charge in [0.2, 0.25) is 0 Å². The van der Waals surface area contributed by atoms with Gasteiger partial charge < -0.3 is 15.4 Å². The van der Waals surface area contributed by atoms with Gasteiger partial charge in [0, 0.05) is 30.9 Å². The fourth-order valence-corrected chi connectivity index (χ4v) is 3.82. The Kier molecular flexibility index (Phi) is 5.95. The molecule has 4 rings (SSSR count). The fraction of sp³-hybridized carbons (Fsp3) is 0.286. The highest BCUT2D eigenvalue weighted by atomic mass is 35.5. The number of alkyl halides is 1. The lowest BCUT2D eigenvalue weighted by Crippen LogP contribution is -2.45. The van der Waals surface area contributed by atoms with Crippen molar-refractivity contribution in [3.8, 4) is 11.8 Å². The first-order valence-corrected chi connectivity index (χ1v) is 9.91. The first-order chi connectivity index (χ1) is 14.5. The summed E-state index contributed by atoms with van der Waals surface area (Å²) in [6, 6.07) is 5.92. The number of carbonyl (C=O) groups excluding carboxylic acids is 1. The van der Waals surface area contributed by atoms with Gasteiger partial charge in [-0.05, 0) is 30.4 Å². The van der Waals surface area contributed by atoms with Crippen molar-refractivity contribution in [3.05, 3.63) is 71.5 Å². The third-order valence-electron chi connectivity index (χ3n) is 5.02. The van der Waals surface area contributed by atoms with E-state index < -0.39 is 5.82 Å². The number of benzene rings is 1. The summed E-state index contributed by atoms with van der Waals surface area (Å²) in [5, 5.41) is 18.7. The van der Waals surface area contributed by atoms with E-state index in [0.717, 1.165) is 19.2 Å². The number of carbonyl (C=O) groups is 1. The minimum Gasteiger partial charge on any atom is -0.375 e. The van der Waals surface area contributed by atoms with Crippen molar-refractivity contribution in [2.45, 2.75) is 11.5 Å². The second-order valence-electron chi connectivity index (χ2n) is 7.02. The lowest BCUT2D eigenvalue weighted by atomic mass is 9.92. The van der Waals surface area contributed by atoms with Crippen molar-refractivity contribution in [3.63, 3.8) is 0 Å². The molecule has 0 bridgehead atoms. The minimum atomic E-state index is -0.600. The average molecular weight is 428 g/mol. The van der Waals surface area contributed by atoms with Gasteiger partial charge in [-0.1, -0.05) is 6.08 Å². The molecule has 30 heavy (non-hydrogen) atoms. The van der Waals surface area contributed by atoms with Crippen LogP contribution in [0.3, 0.4) is 0 Å². The van der Waals surface area contributed by atoms with E-state index in [4.69, 9.17) is 21.6 Å². The van der Waals surface area contributed by atoms with E-state index in [0.29, 0.717) is 12.3 Å². The van der Waals surface area contributed by atoms with E-state index in [1.807, 2.05) is 18.2 Å². The van der Waals surface area contributed by atoms with Crippen LogP contribution in [-0.4, -0.2) is 46.9 Å². The van der Waals surface area contributed by atoms with Crippen LogP contribution >= 0.6 is 11.6 Å². The number of nitriles is 1. The number of nitrogens with one attached hydrogen (secondary N) is 2. The average Bonchev–Trinajstić information content (AvgIpc) is 3.24. The molecule has 9 heteroatoms. The van der Waals surface area contributed by atoms with Crippen molar-refractivity contribution in [2.24, 2.45) is 5.92 Å². The van der Waals surface area contributed by atoms with Crippen LogP contribution in [0.5, 0.6) is 0 Å². The fourth-order valence-electron chi connectivity index (χ4n) is 3.44. The van der Waals surface area contributed by atoms with Gasteiger partial charge in [-0.25, -0.2) is 9.07 Å². The number of amides is 1. The predicted molar refractivity (Wildman–Crippen MR) is 109 cm³/mol. The lowest BCUT2D eigenvalue weighted by Gasteiger charge is -2.32.